The van der Waals surface area contributed by atoms with Crippen LogP contribution in [0.15, 0.2) is 83.8 Å². The average molecular weight is 454 g/mol. The summed E-state index contributed by atoms with van der Waals surface area (Å²) in [6.07, 6.45) is 0. The van der Waals surface area contributed by atoms with Crippen molar-refractivity contribution in [3.63, 3.8) is 0 Å². The van der Waals surface area contributed by atoms with Gasteiger partial charge in [-0.25, -0.2) is 8.42 Å². The summed E-state index contributed by atoms with van der Waals surface area (Å²) >= 11 is 0. The molecule has 0 aromatic heterocycles. The molecule has 0 N–H and O–H groups in total. The van der Waals surface area contributed by atoms with E-state index in [1.54, 1.807) is 42.5 Å². The molecule has 0 aliphatic rings. The molecular formula is C25H27NO5S. The van der Waals surface area contributed by atoms with Crippen LogP contribution in [0.1, 0.15) is 26.3 Å². The van der Waals surface area contributed by atoms with Gasteiger partial charge >= 0.3 is 0 Å². The van der Waals surface area contributed by atoms with Gasteiger partial charge in [-0.1, -0.05) is 51.1 Å². The highest BCUT2D eigenvalue weighted by molar-refractivity contribution is 7.93. The molecule has 7 heteroatoms. The fraction of sp³-hybridized carbons (Fsp3) is 0.240. The first kappa shape index (κ1) is 23.3. The highest BCUT2D eigenvalue weighted by Gasteiger charge is 2.31. The molecule has 0 bridgehead atoms. The Morgan fingerprint density at radius 2 is 1.41 bits per heavy atom. The largest absolute Gasteiger partial charge is 0.497 e. The smallest absolute Gasteiger partial charge is 0.278 e. The van der Waals surface area contributed by atoms with Crippen molar-refractivity contribution in [2.24, 2.45) is 0 Å². The van der Waals surface area contributed by atoms with Crippen LogP contribution in [0.2, 0.25) is 0 Å². The molecule has 0 unspecified atom stereocenters. The van der Waals surface area contributed by atoms with Crippen LogP contribution < -0.4 is 13.8 Å². The molecular weight excluding hydrogens is 426 g/mol. The van der Waals surface area contributed by atoms with Crippen LogP contribution in [-0.4, -0.2) is 28.0 Å². The molecule has 0 fully saturated rings. The van der Waals surface area contributed by atoms with E-state index in [0.717, 1.165) is 9.87 Å². The number of amides is 1. The van der Waals surface area contributed by atoms with Crippen molar-refractivity contribution in [3.05, 3.63) is 84.4 Å². The molecule has 0 radical (unpaired) electrons. The maximum Gasteiger partial charge on any atom is 0.278 e. The van der Waals surface area contributed by atoms with Crippen LogP contribution in [0.5, 0.6) is 11.5 Å². The first-order valence-electron chi connectivity index (χ1n) is 10.1. The van der Waals surface area contributed by atoms with Crippen LogP contribution in [0.3, 0.4) is 0 Å². The number of benzene rings is 3. The van der Waals surface area contributed by atoms with Crippen LogP contribution in [-0.2, 0) is 20.2 Å². The van der Waals surface area contributed by atoms with E-state index in [0.29, 0.717) is 11.5 Å². The molecule has 6 nitrogen and oxygen atoms in total. The summed E-state index contributed by atoms with van der Waals surface area (Å²) in [5.74, 6) is 0.325. The number of nitrogens with zero attached hydrogens (tertiary/aromatic N) is 1. The fourth-order valence-electron chi connectivity index (χ4n) is 3.09. The molecule has 1 amide bonds. The van der Waals surface area contributed by atoms with Gasteiger partial charge in [-0.3, -0.25) is 4.79 Å². The van der Waals surface area contributed by atoms with Crippen molar-refractivity contribution in [1.82, 2.24) is 0 Å². The van der Waals surface area contributed by atoms with E-state index in [9.17, 15) is 13.2 Å². The average Bonchev–Trinajstić information content (AvgIpc) is 2.78. The first-order chi connectivity index (χ1) is 15.1. The molecule has 0 heterocycles. The zero-order valence-corrected chi connectivity index (χ0v) is 19.4. The van der Waals surface area contributed by atoms with Gasteiger partial charge in [0.15, 0.2) is 6.61 Å². The van der Waals surface area contributed by atoms with Crippen molar-refractivity contribution in [3.8, 4) is 11.5 Å². The van der Waals surface area contributed by atoms with Gasteiger partial charge in [-0.05, 0) is 59.5 Å². The second kappa shape index (κ2) is 9.44. The van der Waals surface area contributed by atoms with Crippen LogP contribution in [0, 0.1) is 0 Å². The van der Waals surface area contributed by atoms with Gasteiger partial charge in [-0.2, -0.15) is 4.31 Å². The number of carbonyl (C=O) groups excluding carboxylic acids is 1. The Morgan fingerprint density at radius 1 is 0.844 bits per heavy atom. The standard InChI is InChI=1S/C25H27NO5S/c1-25(2,3)19-10-14-22(15-11-19)31-18-24(27)26(20-12-16-21(30-4)17-13-20)32(28,29)23-8-6-5-7-9-23/h5-17H,18H2,1-4H3. The second-order valence-corrected chi connectivity index (χ2v) is 10.0. The van der Waals surface area contributed by atoms with E-state index in [1.807, 2.05) is 12.1 Å². The lowest BCUT2D eigenvalue weighted by Gasteiger charge is -2.23. The predicted octanol–water partition coefficient (Wildman–Crippen LogP) is 4.79. The van der Waals surface area contributed by atoms with Crippen LogP contribution in [0.25, 0.3) is 0 Å². The summed E-state index contributed by atoms with van der Waals surface area (Å²) in [6.45, 7) is 5.88. The number of rotatable bonds is 7. The van der Waals surface area contributed by atoms with Crippen molar-refractivity contribution in [2.45, 2.75) is 31.1 Å². The SMILES string of the molecule is COc1ccc(N(C(=O)COc2ccc(C(C)(C)C)cc2)S(=O)(=O)c2ccccc2)cc1. The van der Waals surface area contributed by atoms with Gasteiger partial charge in [0.05, 0.1) is 17.7 Å². The van der Waals surface area contributed by atoms with Crippen LogP contribution >= 0.6 is 0 Å². The molecule has 0 aliphatic heterocycles. The summed E-state index contributed by atoms with van der Waals surface area (Å²) in [7, 11) is -2.63. The molecule has 0 spiro atoms. The van der Waals surface area contributed by atoms with Gasteiger partial charge in [-0.15, -0.1) is 0 Å². The first-order valence-corrected chi connectivity index (χ1v) is 11.6. The lowest BCUT2D eigenvalue weighted by molar-refractivity contribution is -0.119. The Morgan fingerprint density at radius 3 is 1.94 bits per heavy atom. The molecule has 3 aromatic rings. The van der Waals surface area contributed by atoms with Crippen molar-refractivity contribution in [2.75, 3.05) is 18.0 Å². The van der Waals surface area contributed by atoms with Gasteiger partial charge in [0.2, 0.25) is 0 Å². The summed E-state index contributed by atoms with van der Waals surface area (Å²) < 4.78 is 38.2. The van der Waals surface area contributed by atoms with Crippen LogP contribution in [0.4, 0.5) is 5.69 Å². The highest BCUT2D eigenvalue weighted by atomic mass is 32.2. The predicted molar refractivity (Wildman–Crippen MR) is 125 cm³/mol. The van der Waals surface area contributed by atoms with E-state index >= 15 is 0 Å². The number of anilines is 1. The number of carbonyl (C=O) groups is 1. The summed E-state index contributed by atoms with van der Waals surface area (Å²) in [5.41, 5.74) is 1.32. The van der Waals surface area contributed by atoms with Crippen molar-refractivity contribution >= 4 is 21.6 Å². The van der Waals surface area contributed by atoms with Gasteiger partial charge < -0.3 is 9.47 Å². The molecule has 32 heavy (non-hydrogen) atoms. The Kier molecular flexibility index (Phi) is 6.89. The Bertz CT molecular complexity index is 1150. The van der Waals surface area contributed by atoms with E-state index in [1.165, 1.54) is 31.4 Å². The maximum absolute atomic E-state index is 13.3. The monoisotopic (exact) mass is 453 g/mol. The molecule has 0 saturated heterocycles. The zero-order valence-electron chi connectivity index (χ0n) is 18.6. The third kappa shape index (κ3) is 5.29. The number of methoxy groups -OCH3 is 1. The molecule has 0 saturated carbocycles. The number of hydrogen-bond donors (Lipinski definition) is 0. The highest BCUT2D eigenvalue weighted by Crippen LogP contribution is 2.27. The fourth-order valence-corrected chi connectivity index (χ4v) is 4.52. The molecule has 0 aliphatic carbocycles. The van der Waals surface area contributed by atoms with Crippen molar-refractivity contribution in [1.29, 1.82) is 0 Å². The number of hydrogen-bond acceptors (Lipinski definition) is 5. The zero-order chi connectivity index (χ0) is 23.4. The molecule has 0 atom stereocenters. The summed E-state index contributed by atoms with van der Waals surface area (Å²) in [6, 6.07) is 21.5. The summed E-state index contributed by atoms with van der Waals surface area (Å²) in [4.78, 5) is 13.1. The lowest BCUT2D eigenvalue weighted by atomic mass is 9.87. The Labute approximate surface area is 189 Å². The van der Waals surface area contributed by atoms with Gasteiger partial charge in [0.25, 0.3) is 15.9 Å². The minimum absolute atomic E-state index is 0.0106. The Hall–Kier alpha value is -3.32. The van der Waals surface area contributed by atoms with E-state index in [-0.39, 0.29) is 16.0 Å². The van der Waals surface area contributed by atoms with Crippen molar-refractivity contribution < 1.29 is 22.7 Å². The minimum Gasteiger partial charge on any atom is -0.497 e. The minimum atomic E-state index is -4.14. The van der Waals surface area contributed by atoms with Gasteiger partial charge in [0, 0.05) is 0 Å². The maximum atomic E-state index is 13.3. The second-order valence-electron chi connectivity index (χ2n) is 8.24. The van der Waals surface area contributed by atoms with Gasteiger partial charge in [0.1, 0.15) is 11.5 Å². The van der Waals surface area contributed by atoms with E-state index in [2.05, 4.69) is 20.8 Å². The third-order valence-electron chi connectivity index (χ3n) is 4.90. The third-order valence-corrected chi connectivity index (χ3v) is 6.66. The molecule has 3 aromatic carbocycles. The quantitative estimate of drug-likeness (QED) is 0.514. The molecule has 168 valence electrons. The normalized spacial score (nSPS) is 11.6. The summed E-state index contributed by atoms with van der Waals surface area (Å²) in [5, 5.41) is 0. The van der Waals surface area contributed by atoms with E-state index in [4.69, 9.17) is 9.47 Å². The Balaban J connectivity index is 1.88. The number of sulfonamides is 1. The molecule has 3 rings (SSSR count). The number of ether oxygens (including phenoxy) is 2. The lowest BCUT2D eigenvalue weighted by Crippen LogP contribution is -2.40. The topological polar surface area (TPSA) is 72.9 Å². The van der Waals surface area contributed by atoms with E-state index < -0.39 is 22.5 Å².